The van der Waals surface area contributed by atoms with Crippen LogP contribution in [0, 0.1) is 5.82 Å². The molecule has 1 aromatic rings. The van der Waals surface area contributed by atoms with Gasteiger partial charge in [-0.3, -0.25) is 5.32 Å². The molecule has 2 radical (unpaired) electrons. The molecule has 0 fully saturated rings. The van der Waals surface area contributed by atoms with E-state index in [4.69, 9.17) is 7.85 Å². The van der Waals surface area contributed by atoms with Crippen LogP contribution in [-0.4, -0.2) is 50.7 Å². The van der Waals surface area contributed by atoms with E-state index in [-0.39, 0.29) is 23.1 Å². The Morgan fingerprint density at radius 2 is 1.88 bits per heavy atom. The van der Waals surface area contributed by atoms with Crippen molar-refractivity contribution in [2.45, 2.75) is 19.3 Å². The molecule has 0 aliphatic carbocycles. The third kappa shape index (κ3) is 5.28. The summed E-state index contributed by atoms with van der Waals surface area (Å²) in [7, 11) is 5.44. The summed E-state index contributed by atoms with van der Waals surface area (Å²) < 4.78 is 51.1. The summed E-state index contributed by atoms with van der Waals surface area (Å²) in [5.74, 6) is -0.339. The van der Waals surface area contributed by atoms with Crippen molar-refractivity contribution >= 4 is 19.2 Å². The molecule has 0 spiro atoms. The largest absolute Gasteiger partial charge is 0.438 e. The highest BCUT2D eigenvalue weighted by Gasteiger charge is 2.44. The summed E-state index contributed by atoms with van der Waals surface area (Å²) in [5.41, 5.74) is -0.593. The highest BCUT2D eigenvalue weighted by atomic mass is 19.4. The number of allylic oxidation sites excluding steroid dienone is 2. The highest BCUT2D eigenvalue weighted by molar-refractivity contribution is 6.39. The van der Waals surface area contributed by atoms with Gasteiger partial charge in [-0.1, -0.05) is 5.10 Å². The number of nitrogens with zero attached hydrogens (tertiary/aromatic N) is 1. The lowest BCUT2D eigenvalue weighted by atomic mass is 9.89. The minimum absolute atomic E-state index is 0.0946. The lowest BCUT2D eigenvalue weighted by molar-refractivity contribution is -0.869. The smallest absolute Gasteiger partial charge is 0.384 e. The Morgan fingerprint density at radius 1 is 1.24 bits per heavy atom. The van der Waals surface area contributed by atoms with Crippen molar-refractivity contribution in [2.75, 3.05) is 25.0 Å². The Hall–Kier alpha value is -1.91. The first kappa shape index (κ1) is 19.4. The predicted molar refractivity (Wildman–Crippen MR) is 86.7 cm³/mol. The summed E-state index contributed by atoms with van der Waals surface area (Å²) >= 11 is 0. The van der Waals surface area contributed by atoms with Gasteiger partial charge in [0.25, 0.3) is 0 Å². The summed E-state index contributed by atoms with van der Waals surface area (Å²) in [6, 6.07) is 5.78. The van der Waals surface area contributed by atoms with Gasteiger partial charge in [0.2, 0.25) is 0 Å². The molecule has 1 aromatic carbocycles. The van der Waals surface area contributed by atoms with Crippen LogP contribution in [0.1, 0.15) is 6.92 Å². The Morgan fingerprint density at radius 3 is 2.44 bits per heavy atom. The Balaban J connectivity index is 1.78. The average molecular weight is 357 g/mol. The lowest BCUT2D eigenvalue weighted by Crippen LogP contribution is -3.06. The zero-order valence-electron chi connectivity index (χ0n) is 13.5. The minimum Gasteiger partial charge on any atom is -0.384 e. The van der Waals surface area contributed by atoms with Crippen LogP contribution in [0.2, 0.25) is 0 Å². The molecule has 0 bridgehead atoms. The number of nitrogens with one attached hydrogen (secondary N) is 3. The van der Waals surface area contributed by atoms with Gasteiger partial charge in [0.05, 0.1) is 0 Å². The molecule has 10 heteroatoms. The number of aliphatic hydroxyl groups is 1. The first-order valence-electron chi connectivity index (χ1n) is 7.58. The van der Waals surface area contributed by atoms with E-state index in [9.17, 15) is 22.7 Å². The first-order valence-corrected chi connectivity index (χ1v) is 7.58. The van der Waals surface area contributed by atoms with Crippen LogP contribution in [0.3, 0.4) is 0 Å². The molecule has 25 heavy (non-hydrogen) atoms. The monoisotopic (exact) mass is 357 g/mol. The van der Waals surface area contributed by atoms with Crippen LogP contribution in [0.5, 0.6) is 0 Å². The van der Waals surface area contributed by atoms with Crippen molar-refractivity contribution in [2.24, 2.45) is 5.10 Å². The standard InChI is InChI=1S/C15H17BF4N4O/c1-9-13(16)14(15(18,19)20)23-24(9)8-12(25)22-7-6-21-11-4-2-10(17)3-5-11/h2-5,12,21-22,25H,6-8H2,1H3/p+1. The van der Waals surface area contributed by atoms with Gasteiger partial charge in [-0.25, -0.2) is 4.39 Å². The fourth-order valence-corrected chi connectivity index (χ4v) is 2.30. The minimum atomic E-state index is -4.62. The molecule has 0 aromatic heterocycles. The summed E-state index contributed by atoms with van der Waals surface area (Å²) in [5, 5.41) is 19.3. The van der Waals surface area contributed by atoms with Gasteiger partial charge in [-0.05, 0) is 29.7 Å². The maximum Gasteiger partial charge on any atom is 0.438 e. The molecule has 0 saturated heterocycles. The Kier molecular flexibility index (Phi) is 6.20. The summed E-state index contributed by atoms with van der Waals surface area (Å²) in [6.45, 7) is 2.13. The number of anilines is 1. The maximum absolute atomic E-state index is 12.8. The van der Waals surface area contributed by atoms with Crippen LogP contribution in [0.25, 0.3) is 0 Å². The molecular formula is C15H18BF4N4O+. The number of halogens is 4. The molecule has 134 valence electrons. The normalized spacial score (nSPS) is 19.1. The van der Waals surface area contributed by atoms with Gasteiger partial charge in [0, 0.05) is 25.7 Å². The van der Waals surface area contributed by atoms with Crippen LogP contribution < -0.4 is 15.6 Å². The molecule has 2 unspecified atom stereocenters. The van der Waals surface area contributed by atoms with Crippen LogP contribution in [-0.2, 0) is 0 Å². The van der Waals surface area contributed by atoms with Crippen molar-refractivity contribution in [3.05, 3.63) is 41.3 Å². The van der Waals surface area contributed by atoms with Crippen LogP contribution >= 0.6 is 0 Å². The molecule has 1 aliphatic rings. The first-order chi connectivity index (χ1) is 11.7. The number of aliphatic hydroxyl groups excluding tert-OH is 1. The van der Waals surface area contributed by atoms with Crippen molar-refractivity contribution in [1.29, 1.82) is 0 Å². The quantitative estimate of drug-likeness (QED) is 0.247. The van der Waals surface area contributed by atoms with Crippen LogP contribution in [0.4, 0.5) is 23.2 Å². The van der Waals surface area contributed by atoms with Crippen LogP contribution in [0.15, 0.2) is 40.5 Å². The molecule has 5 nitrogen and oxygen atoms in total. The van der Waals surface area contributed by atoms with Crippen molar-refractivity contribution in [3.8, 4) is 0 Å². The zero-order valence-corrected chi connectivity index (χ0v) is 13.5. The van der Waals surface area contributed by atoms with E-state index in [0.29, 0.717) is 18.8 Å². The number of alkyl halides is 3. The fraction of sp³-hybridized carbons (Fsp3) is 0.400. The SMILES string of the molecule is [B]C1=C(C)[NH+](CC(O)NCCNc2ccc(F)cc2)N=C1C(F)(F)F. The van der Waals surface area contributed by atoms with Gasteiger partial charge in [-0.15, -0.1) is 0 Å². The Labute approximate surface area is 143 Å². The van der Waals surface area contributed by atoms with Gasteiger partial charge in [-0.2, -0.15) is 18.2 Å². The van der Waals surface area contributed by atoms with E-state index >= 15 is 0 Å². The second kappa shape index (κ2) is 7.98. The van der Waals surface area contributed by atoms with E-state index in [1.807, 2.05) is 0 Å². The molecule has 1 heterocycles. The molecule has 2 rings (SSSR count). The number of hydrogen-bond donors (Lipinski definition) is 4. The average Bonchev–Trinajstić information content (AvgIpc) is 2.82. The van der Waals surface area contributed by atoms with Gasteiger partial charge < -0.3 is 10.4 Å². The molecule has 0 amide bonds. The lowest BCUT2D eigenvalue weighted by Gasteiger charge is -2.16. The highest BCUT2D eigenvalue weighted by Crippen LogP contribution is 2.23. The van der Waals surface area contributed by atoms with Gasteiger partial charge in [0.1, 0.15) is 25.9 Å². The second-order valence-electron chi connectivity index (χ2n) is 5.55. The van der Waals surface area contributed by atoms with Crippen molar-refractivity contribution < 1.29 is 27.7 Å². The number of rotatable bonds is 7. The molecular weight excluding hydrogens is 339 g/mol. The fourth-order valence-electron chi connectivity index (χ4n) is 2.30. The predicted octanol–water partition coefficient (Wildman–Crippen LogP) is 0.362. The molecule has 1 aliphatic heterocycles. The van der Waals surface area contributed by atoms with E-state index in [2.05, 4.69) is 15.7 Å². The molecule has 2 atom stereocenters. The number of hydrogen-bond acceptors (Lipinski definition) is 4. The number of quaternary nitrogens is 1. The summed E-state index contributed by atoms with van der Waals surface area (Å²) in [4.78, 5) is 0. The summed E-state index contributed by atoms with van der Waals surface area (Å²) in [6.07, 6.45) is -5.69. The van der Waals surface area contributed by atoms with Crippen molar-refractivity contribution in [3.63, 3.8) is 0 Å². The number of benzene rings is 1. The molecule has 4 N–H and O–H groups in total. The van der Waals surface area contributed by atoms with Gasteiger partial charge in [0.15, 0.2) is 11.9 Å². The van der Waals surface area contributed by atoms with E-state index in [1.54, 1.807) is 12.1 Å². The Bertz CT molecular complexity index is 660. The van der Waals surface area contributed by atoms with Crippen molar-refractivity contribution in [1.82, 2.24) is 5.32 Å². The van der Waals surface area contributed by atoms with E-state index in [0.717, 1.165) is 0 Å². The second-order valence-corrected chi connectivity index (χ2v) is 5.55. The van der Waals surface area contributed by atoms with Gasteiger partial charge >= 0.3 is 6.18 Å². The zero-order chi connectivity index (χ0) is 18.6. The maximum atomic E-state index is 12.8. The van der Waals surface area contributed by atoms with E-state index < -0.39 is 23.6 Å². The third-order valence-corrected chi connectivity index (χ3v) is 3.67. The molecule has 0 saturated carbocycles. The van der Waals surface area contributed by atoms with E-state index in [1.165, 1.54) is 19.1 Å². The topological polar surface area (TPSA) is 61.1 Å². The third-order valence-electron chi connectivity index (χ3n) is 3.67.